The number of carbonyl (C=O) groups excluding carboxylic acids is 1. The van der Waals surface area contributed by atoms with E-state index in [9.17, 15) is 9.59 Å². The minimum absolute atomic E-state index is 0.135. The van der Waals surface area contributed by atoms with Crippen molar-refractivity contribution in [2.45, 2.75) is 5.25 Å². The summed E-state index contributed by atoms with van der Waals surface area (Å²) in [5, 5.41) is 10.4. The van der Waals surface area contributed by atoms with Crippen LogP contribution in [0.1, 0.15) is 10.4 Å². The largest absolute Gasteiger partial charge is 0.478 e. The van der Waals surface area contributed by atoms with Gasteiger partial charge in [0.25, 0.3) is 0 Å². The van der Waals surface area contributed by atoms with Crippen LogP contribution in [0.5, 0.6) is 0 Å². The van der Waals surface area contributed by atoms with Crippen LogP contribution in [0.15, 0.2) is 16.4 Å². The predicted octanol–water partition coefficient (Wildman–Crippen LogP) is 2.05. The average molecular weight is 273 g/mol. The number of aromatic carboxylic acids is 1. The van der Waals surface area contributed by atoms with E-state index >= 15 is 0 Å². The molecule has 0 spiro atoms. The van der Waals surface area contributed by atoms with Crippen LogP contribution in [0, 0.1) is 0 Å². The number of ether oxygens (including phenoxy) is 1. The minimum Gasteiger partial charge on any atom is -0.478 e. The smallest absolute Gasteiger partial charge is 0.338 e. The molecule has 0 aliphatic rings. The van der Waals surface area contributed by atoms with Gasteiger partial charge in [-0.05, 0) is 17.7 Å². The molecule has 1 atom stereocenters. The first-order valence-corrected chi connectivity index (χ1v) is 6.72. The van der Waals surface area contributed by atoms with Gasteiger partial charge >= 0.3 is 11.9 Å². The molecule has 0 radical (unpaired) electrons. The standard InChI is InChI=1S/C10H11NO4S2/c1-15-10(14)7(16-2)5-11-8-6(9(12)13)3-4-17-8/h3-5,7H,1-2H3,(H,12,13). The second-order valence-electron chi connectivity index (χ2n) is 2.90. The third-order valence-electron chi connectivity index (χ3n) is 1.89. The molecule has 1 aromatic rings. The third-order valence-corrected chi connectivity index (χ3v) is 3.53. The van der Waals surface area contributed by atoms with Gasteiger partial charge in [0.1, 0.15) is 10.3 Å². The van der Waals surface area contributed by atoms with Gasteiger partial charge in [0.2, 0.25) is 0 Å². The molecule has 1 aromatic heterocycles. The maximum Gasteiger partial charge on any atom is 0.338 e. The lowest BCUT2D eigenvalue weighted by atomic mass is 10.3. The maximum absolute atomic E-state index is 11.3. The summed E-state index contributed by atoms with van der Waals surface area (Å²) >= 11 is 2.48. The summed E-state index contributed by atoms with van der Waals surface area (Å²) in [4.78, 5) is 26.1. The van der Waals surface area contributed by atoms with Crippen molar-refractivity contribution in [3.05, 3.63) is 17.0 Å². The molecule has 0 amide bonds. The number of thioether (sulfide) groups is 1. The molecule has 5 nitrogen and oxygen atoms in total. The summed E-state index contributed by atoms with van der Waals surface area (Å²) in [6.07, 6.45) is 3.15. The fourth-order valence-electron chi connectivity index (χ4n) is 1.03. The van der Waals surface area contributed by atoms with Gasteiger partial charge in [-0.3, -0.25) is 4.79 Å². The van der Waals surface area contributed by atoms with Crippen molar-refractivity contribution in [3.8, 4) is 0 Å². The molecule has 1 heterocycles. The van der Waals surface area contributed by atoms with Crippen molar-refractivity contribution < 1.29 is 19.4 Å². The van der Waals surface area contributed by atoms with E-state index in [-0.39, 0.29) is 5.56 Å². The number of esters is 1. The van der Waals surface area contributed by atoms with Crippen LogP contribution in [0.3, 0.4) is 0 Å². The zero-order chi connectivity index (χ0) is 12.8. The van der Waals surface area contributed by atoms with E-state index in [2.05, 4.69) is 9.73 Å². The van der Waals surface area contributed by atoms with E-state index in [1.165, 1.54) is 42.5 Å². The van der Waals surface area contributed by atoms with E-state index in [1.807, 2.05) is 0 Å². The topological polar surface area (TPSA) is 76.0 Å². The number of hydrogen-bond donors (Lipinski definition) is 1. The average Bonchev–Trinajstić information content (AvgIpc) is 2.77. The molecule has 0 aromatic carbocycles. The number of nitrogens with zero attached hydrogens (tertiary/aromatic N) is 1. The fraction of sp³-hybridized carbons (Fsp3) is 0.300. The lowest BCUT2D eigenvalue weighted by Crippen LogP contribution is -2.19. The second-order valence-corrected chi connectivity index (χ2v) is 4.78. The van der Waals surface area contributed by atoms with Gasteiger partial charge in [-0.15, -0.1) is 23.1 Å². The molecule has 92 valence electrons. The Morgan fingerprint density at radius 2 is 2.35 bits per heavy atom. The second kappa shape index (κ2) is 6.41. The maximum atomic E-state index is 11.3. The van der Waals surface area contributed by atoms with Gasteiger partial charge < -0.3 is 9.84 Å². The summed E-state index contributed by atoms with van der Waals surface area (Å²) in [6.45, 7) is 0. The number of hydrogen-bond acceptors (Lipinski definition) is 6. The molecule has 0 saturated heterocycles. The Morgan fingerprint density at radius 3 is 2.88 bits per heavy atom. The first-order valence-electron chi connectivity index (χ1n) is 4.55. The van der Waals surface area contributed by atoms with E-state index in [0.717, 1.165) is 0 Å². The van der Waals surface area contributed by atoms with Crippen molar-refractivity contribution in [2.24, 2.45) is 4.99 Å². The summed E-state index contributed by atoms with van der Waals surface area (Å²) < 4.78 is 4.59. The Labute approximate surface area is 107 Å². The first-order chi connectivity index (χ1) is 8.10. The van der Waals surface area contributed by atoms with Crippen LogP contribution in [0.2, 0.25) is 0 Å². The predicted molar refractivity (Wildman–Crippen MR) is 68.7 cm³/mol. The number of thiophene rings is 1. The minimum atomic E-state index is -1.03. The molecule has 1 rings (SSSR count). The van der Waals surface area contributed by atoms with E-state index in [4.69, 9.17) is 5.11 Å². The number of rotatable bonds is 5. The quantitative estimate of drug-likeness (QED) is 0.656. The summed E-state index contributed by atoms with van der Waals surface area (Å²) in [7, 11) is 1.30. The van der Waals surface area contributed by atoms with Crippen molar-refractivity contribution in [1.82, 2.24) is 0 Å². The highest BCUT2D eigenvalue weighted by molar-refractivity contribution is 8.00. The summed E-state index contributed by atoms with van der Waals surface area (Å²) in [6, 6.07) is 1.48. The Morgan fingerprint density at radius 1 is 1.65 bits per heavy atom. The highest BCUT2D eigenvalue weighted by Crippen LogP contribution is 2.26. The van der Waals surface area contributed by atoms with Gasteiger partial charge in [-0.1, -0.05) is 0 Å². The summed E-state index contributed by atoms with van der Waals surface area (Å²) in [5.41, 5.74) is 0.135. The Balaban J connectivity index is 2.85. The van der Waals surface area contributed by atoms with Crippen molar-refractivity contribution >= 4 is 46.3 Å². The first kappa shape index (κ1) is 13.7. The van der Waals surface area contributed by atoms with Gasteiger partial charge in [0.15, 0.2) is 0 Å². The van der Waals surface area contributed by atoms with Crippen LogP contribution in [-0.4, -0.2) is 41.9 Å². The summed E-state index contributed by atoms with van der Waals surface area (Å²) in [5.74, 6) is -1.44. The van der Waals surface area contributed by atoms with Crippen LogP contribution in [0.4, 0.5) is 5.00 Å². The van der Waals surface area contributed by atoms with E-state index < -0.39 is 17.2 Å². The number of methoxy groups -OCH3 is 1. The van der Waals surface area contributed by atoms with Crippen LogP contribution in [-0.2, 0) is 9.53 Å². The Bertz CT molecular complexity index is 441. The van der Waals surface area contributed by atoms with Gasteiger partial charge in [0.05, 0.1) is 12.7 Å². The highest BCUT2D eigenvalue weighted by Gasteiger charge is 2.16. The van der Waals surface area contributed by atoms with Crippen LogP contribution in [0.25, 0.3) is 0 Å². The highest BCUT2D eigenvalue weighted by atomic mass is 32.2. The third kappa shape index (κ3) is 3.57. The van der Waals surface area contributed by atoms with Gasteiger partial charge in [0, 0.05) is 6.21 Å². The van der Waals surface area contributed by atoms with Gasteiger partial charge in [-0.25, -0.2) is 9.79 Å². The van der Waals surface area contributed by atoms with Gasteiger partial charge in [-0.2, -0.15) is 0 Å². The lowest BCUT2D eigenvalue weighted by molar-refractivity contribution is -0.138. The molecule has 0 bridgehead atoms. The number of carboxylic acids is 1. The van der Waals surface area contributed by atoms with Crippen molar-refractivity contribution in [1.29, 1.82) is 0 Å². The van der Waals surface area contributed by atoms with Crippen molar-refractivity contribution in [2.75, 3.05) is 13.4 Å². The fourth-order valence-corrected chi connectivity index (χ4v) is 2.24. The lowest BCUT2D eigenvalue weighted by Gasteiger charge is -2.05. The Kier molecular flexibility index (Phi) is 5.17. The SMILES string of the molecule is COC(=O)C(C=Nc1sccc1C(=O)O)SC. The molecular formula is C10H11NO4S2. The molecule has 0 aliphatic heterocycles. The zero-order valence-corrected chi connectivity index (χ0v) is 10.9. The molecule has 0 saturated carbocycles. The molecule has 1 unspecified atom stereocenters. The molecule has 0 aliphatic carbocycles. The van der Waals surface area contributed by atoms with Crippen molar-refractivity contribution in [3.63, 3.8) is 0 Å². The van der Waals surface area contributed by atoms with Crippen LogP contribution >= 0.6 is 23.1 Å². The van der Waals surface area contributed by atoms with Crippen LogP contribution < -0.4 is 0 Å². The molecule has 1 N–H and O–H groups in total. The number of carboxylic acid groups (broad SMARTS) is 1. The number of carbonyl (C=O) groups is 2. The zero-order valence-electron chi connectivity index (χ0n) is 9.25. The van der Waals surface area contributed by atoms with E-state index in [1.54, 1.807) is 11.6 Å². The monoisotopic (exact) mass is 273 g/mol. The normalized spacial score (nSPS) is 12.6. The molecule has 0 fully saturated rings. The Hall–Kier alpha value is -1.34. The van der Waals surface area contributed by atoms with E-state index in [0.29, 0.717) is 5.00 Å². The molecular weight excluding hydrogens is 262 g/mol. The number of aliphatic imine (C=N–C) groups is 1. The molecule has 7 heteroatoms. The molecule has 17 heavy (non-hydrogen) atoms.